The fourth-order valence-electron chi connectivity index (χ4n) is 4.98. The first-order valence-corrected chi connectivity index (χ1v) is 10.5. The van der Waals surface area contributed by atoms with Crippen LogP contribution < -0.4 is 5.73 Å². The lowest BCUT2D eigenvalue weighted by Crippen LogP contribution is -2.49. The average Bonchev–Trinajstić information content (AvgIpc) is 3.17. The second-order valence-electron chi connectivity index (χ2n) is 8.72. The van der Waals surface area contributed by atoms with Crippen molar-refractivity contribution in [2.75, 3.05) is 33.2 Å². The third kappa shape index (κ3) is 4.05. The number of benzene rings is 1. The Labute approximate surface area is 166 Å². The van der Waals surface area contributed by atoms with E-state index in [0.717, 1.165) is 59.9 Å². The van der Waals surface area contributed by atoms with Crippen LogP contribution >= 0.6 is 0 Å². The van der Waals surface area contributed by atoms with E-state index in [2.05, 4.69) is 33.4 Å². The molecule has 1 atom stereocenters. The van der Waals surface area contributed by atoms with Crippen molar-refractivity contribution < 1.29 is 4.79 Å². The molecule has 1 unspecified atom stereocenters. The van der Waals surface area contributed by atoms with Gasteiger partial charge in [0.1, 0.15) is 11.0 Å². The van der Waals surface area contributed by atoms with Crippen molar-refractivity contribution in [2.24, 2.45) is 17.6 Å². The van der Waals surface area contributed by atoms with Crippen LogP contribution in [-0.2, 0) is 11.2 Å². The number of likely N-dealkylation sites (tertiary alicyclic amines) is 2. The number of piperidine rings is 2. The van der Waals surface area contributed by atoms with Crippen molar-refractivity contribution in [2.45, 2.75) is 45.1 Å². The number of aromatic nitrogens is 3. The van der Waals surface area contributed by atoms with Gasteiger partial charge in [0.15, 0.2) is 0 Å². The minimum atomic E-state index is -0.497. The molecule has 0 radical (unpaired) electrons. The molecule has 1 aromatic heterocycles. The number of aromatic amines is 1. The SMILES string of the molecule is Cc1cc(CC(N)C(=O)N2CCC(C3CCN(C)CC3)CC2)cc2n[nH]nc12. The minimum Gasteiger partial charge on any atom is -0.341 e. The quantitative estimate of drug-likeness (QED) is 0.837. The van der Waals surface area contributed by atoms with E-state index in [1.54, 1.807) is 0 Å². The standard InChI is InChI=1S/C21H32N6O/c1-14-11-15(13-19-20(14)24-25-23-19)12-18(22)21(28)27-9-5-17(6-10-27)16-3-7-26(2)8-4-16/h11,13,16-18H,3-10,12,22H2,1-2H3,(H,23,24,25). The molecule has 0 aliphatic carbocycles. The molecule has 2 aromatic rings. The summed E-state index contributed by atoms with van der Waals surface area (Å²) in [6.45, 7) is 6.14. The molecule has 1 aromatic carbocycles. The highest BCUT2D eigenvalue weighted by molar-refractivity contribution is 5.83. The maximum Gasteiger partial charge on any atom is 0.239 e. The summed E-state index contributed by atoms with van der Waals surface area (Å²) in [5, 5.41) is 11.0. The van der Waals surface area contributed by atoms with Crippen LogP contribution in [0, 0.1) is 18.8 Å². The Hall–Kier alpha value is -1.99. The lowest BCUT2D eigenvalue weighted by molar-refractivity contribution is -0.134. The summed E-state index contributed by atoms with van der Waals surface area (Å²) in [6, 6.07) is 3.54. The average molecular weight is 385 g/mol. The van der Waals surface area contributed by atoms with Crippen LogP contribution in [-0.4, -0.2) is 70.4 Å². The topological polar surface area (TPSA) is 91.1 Å². The van der Waals surface area contributed by atoms with Crippen molar-refractivity contribution in [3.8, 4) is 0 Å². The summed E-state index contributed by atoms with van der Waals surface area (Å²) in [6.07, 6.45) is 5.39. The summed E-state index contributed by atoms with van der Waals surface area (Å²) >= 11 is 0. The van der Waals surface area contributed by atoms with E-state index in [1.165, 1.54) is 25.9 Å². The van der Waals surface area contributed by atoms with Gasteiger partial charge < -0.3 is 15.5 Å². The van der Waals surface area contributed by atoms with Crippen LogP contribution in [0.2, 0.25) is 0 Å². The van der Waals surface area contributed by atoms with E-state index in [9.17, 15) is 4.79 Å². The fourth-order valence-corrected chi connectivity index (χ4v) is 4.98. The van der Waals surface area contributed by atoms with Crippen LogP contribution in [0.5, 0.6) is 0 Å². The summed E-state index contributed by atoms with van der Waals surface area (Å²) in [5.74, 6) is 1.69. The van der Waals surface area contributed by atoms with Crippen molar-refractivity contribution in [1.29, 1.82) is 0 Å². The van der Waals surface area contributed by atoms with Gasteiger partial charge in [0.2, 0.25) is 5.91 Å². The predicted molar refractivity (Wildman–Crippen MR) is 110 cm³/mol. The Balaban J connectivity index is 1.31. The molecule has 2 aliphatic rings. The zero-order valence-electron chi connectivity index (χ0n) is 17.0. The Morgan fingerprint density at radius 3 is 2.46 bits per heavy atom. The highest BCUT2D eigenvalue weighted by Crippen LogP contribution is 2.32. The molecule has 2 aliphatic heterocycles. The molecule has 2 saturated heterocycles. The predicted octanol–water partition coefficient (Wildman–Crippen LogP) is 1.72. The van der Waals surface area contributed by atoms with Gasteiger partial charge in [0, 0.05) is 13.1 Å². The Morgan fingerprint density at radius 1 is 1.14 bits per heavy atom. The number of nitrogens with two attached hydrogens (primary N) is 1. The smallest absolute Gasteiger partial charge is 0.239 e. The fraction of sp³-hybridized carbons (Fsp3) is 0.667. The molecular formula is C21H32N6O. The Bertz CT molecular complexity index is 817. The highest BCUT2D eigenvalue weighted by atomic mass is 16.2. The van der Waals surface area contributed by atoms with Crippen molar-refractivity contribution >= 4 is 16.9 Å². The summed E-state index contributed by atoms with van der Waals surface area (Å²) in [4.78, 5) is 17.3. The molecule has 152 valence electrons. The molecule has 7 heteroatoms. The number of nitrogens with zero attached hydrogens (tertiary/aromatic N) is 4. The van der Waals surface area contributed by atoms with Gasteiger partial charge in [-0.05, 0) is 88.2 Å². The van der Waals surface area contributed by atoms with E-state index >= 15 is 0 Å². The van der Waals surface area contributed by atoms with Gasteiger partial charge in [-0.2, -0.15) is 15.4 Å². The third-order valence-corrected chi connectivity index (χ3v) is 6.73. The van der Waals surface area contributed by atoms with E-state index in [4.69, 9.17) is 5.73 Å². The molecule has 0 spiro atoms. The van der Waals surface area contributed by atoms with E-state index in [-0.39, 0.29) is 5.91 Å². The number of hydrogen-bond acceptors (Lipinski definition) is 5. The number of amides is 1. The molecule has 0 saturated carbocycles. The summed E-state index contributed by atoms with van der Waals surface area (Å²) < 4.78 is 0. The summed E-state index contributed by atoms with van der Waals surface area (Å²) in [7, 11) is 2.21. The number of carbonyl (C=O) groups is 1. The van der Waals surface area contributed by atoms with Crippen molar-refractivity contribution in [1.82, 2.24) is 25.2 Å². The van der Waals surface area contributed by atoms with Crippen LogP contribution in [0.15, 0.2) is 12.1 Å². The van der Waals surface area contributed by atoms with Crippen LogP contribution in [0.3, 0.4) is 0 Å². The monoisotopic (exact) mass is 384 g/mol. The van der Waals surface area contributed by atoms with E-state index in [1.807, 2.05) is 17.9 Å². The maximum absolute atomic E-state index is 12.9. The normalized spacial score (nSPS) is 21.3. The van der Waals surface area contributed by atoms with Gasteiger partial charge in [-0.15, -0.1) is 0 Å². The molecule has 2 fully saturated rings. The van der Waals surface area contributed by atoms with E-state index < -0.39 is 6.04 Å². The maximum atomic E-state index is 12.9. The molecular weight excluding hydrogens is 352 g/mol. The number of H-pyrrole nitrogens is 1. The van der Waals surface area contributed by atoms with Crippen molar-refractivity contribution in [3.63, 3.8) is 0 Å². The second-order valence-corrected chi connectivity index (χ2v) is 8.72. The first kappa shape index (κ1) is 19.3. The lowest BCUT2D eigenvalue weighted by Gasteiger charge is -2.40. The molecule has 28 heavy (non-hydrogen) atoms. The molecule has 3 heterocycles. The van der Waals surface area contributed by atoms with Gasteiger partial charge in [0.05, 0.1) is 6.04 Å². The van der Waals surface area contributed by atoms with E-state index in [0.29, 0.717) is 6.42 Å². The first-order valence-electron chi connectivity index (χ1n) is 10.5. The molecule has 0 bridgehead atoms. The van der Waals surface area contributed by atoms with Crippen LogP contribution in [0.4, 0.5) is 0 Å². The number of aryl methyl sites for hydroxylation is 1. The first-order chi connectivity index (χ1) is 13.5. The minimum absolute atomic E-state index is 0.0831. The number of fused-ring (bicyclic) bond motifs is 1. The van der Waals surface area contributed by atoms with Crippen LogP contribution in [0.25, 0.3) is 11.0 Å². The molecule has 3 N–H and O–H groups in total. The molecule has 1 amide bonds. The second kappa shape index (κ2) is 8.17. The molecule has 7 nitrogen and oxygen atoms in total. The highest BCUT2D eigenvalue weighted by Gasteiger charge is 2.31. The number of hydrogen-bond donors (Lipinski definition) is 2. The number of rotatable bonds is 4. The molecule has 4 rings (SSSR count). The van der Waals surface area contributed by atoms with Gasteiger partial charge in [-0.25, -0.2) is 0 Å². The summed E-state index contributed by atoms with van der Waals surface area (Å²) in [5.41, 5.74) is 10.1. The van der Waals surface area contributed by atoms with Crippen molar-refractivity contribution in [3.05, 3.63) is 23.3 Å². The lowest BCUT2D eigenvalue weighted by atomic mass is 9.79. The zero-order valence-corrected chi connectivity index (χ0v) is 17.0. The third-order valence-electron chi connectivity index (χ3n) is 6.73. The largest absolute Gasteiger partial charge is 0.341 e. The Morgan fingerprint density at radius 2 is 1.79 bits per heavy atom. The van der Waals surface area contributed by atoms with Gasteiger partial charge >= 0.3 is 0 Å². The van der Waals surface area contributed by atoms with Crippen LogP contribution in [0.1, 0.15) is 36.8 Å². The zero-order chi connectivity index (χ0) is 19.7. The van der Waals surface area contributed by atoms with Gasteiger partial charge in [0.25, 0.3) is 0 Å². The number of carbonyl (C=O) groups excluding carboxylic acids is 1. The van der Waals surface area contributed by atoms with Gasteiger partial charge in [-0.1, -0.05) is 6.07 Å². The number of nitrogens with one attached hydrogen (secondary N) is 1. The Kier molecular flexibility index (Phi) is 5.64. The van der Waals surface area contributed by atoms with Gasteiger partial charge in [-0.3, -0.25) is 4.79 Å².